The van der Waals surface area contributed by atoms with E-state index in [1.807, 2.05) is 18.2 Å². The molecule has 0 aromatic heterocycles. The van der Waals surface area contributed by atoms with Gasteiger partial charge in [-0.1, -0.05) is 24.3 Å². The number of benzene rings is 1. The quantitative estimate of drug-likeness (QED) is 0.808. The molecule has 1 heterocycles. The van der Waals surface area contributed by atoms with Gasteiger partial charge in [0.15, 0.2) is 0 Å². The van der Waals surface area contributed by atoms with Gasteiger partial charge in [0.05, 0.1) is 5.75 Å². The van der Waals surface area contributed by atoms with E-state index in [-0.39, 0.29) is 17.6 Å². The van der Waals surface area contributed by atoms with Crippen LogP contribution in [0.2, 0.25) is 0 Å². The van der Waals surface area contributed by atoms with Crippen molar-refractivity contribution in [1.29, 1.82) is 0 Å². The predicted molar refractivity (Wildman–Crippen MR) is 80.4 cm³/mol. The number of sulfonamides is 1. The number of hydrogen-bond acceptors (Lipinski definition) is 4. The molecule has 0 bridgehead atoms. The molecule has 0 spiro atoms. The molecule has 7 heteroatoms. The highest BCUT2D eigenvalue weighted by Gasteiger charge is 2.30. The fourth-order valence-electron chi connectivity index (χ4n) is 2.60. The molecule has 1 fully saturated rings. The molecule has 1 aromatic rings. The number of amides is 1. The number of piperidine rings is 1. The molecule has 1 aromatic carbocycles. The molecular formula is C14H21N3O3S. The van der Waals surface area contributed by atoms with Crippen LogP contribution in [0.15, 0.2) is 24.3 Å². The number of hydrogen-bond donors (Lipinski definition) is 2. The first-order valence-corrected chi connectivity index (χ1v) is 8.59. The van der Waals surface area contributed by atoms with Crippen LogP contribution in [0.1, 0.15) is 24.0 Å². The molecule has 1 amide bonds. The first-order valence-electron chi connectivity index (χ1n) is 6.98. The highest BCUT2D eigenvalue weighted by Crippen LogP contribution is 2.22. The highest BCUT2D eigenvalue weighted by atomic mass is 32.2. The third-order valence-corrected chi connectivity index (χ3v) is 5.75. The molecule has 2 rings (SSSR count). The lowest BCUT2D eigenvalue weighted by molar-refractivity contribution is -0.122. The second kappa shape index (κ2) is 6.55. The van der Waals surface area contributed by atoms with Gasteiger partial charge < -0.3 is 11.5 Å². The Morgan fingerprint density at radius 3 is 2.29 bits per heavy atom. The fraction of sp³-hybridized carbons (Fsp3) is 0.500. The normalized spacial score (nSPS) is 17.8. The molecule has 21 heavy (non-hydrogen) atoms. The maximum Gasteiger partial charge on any atom is 0.220 e. The summed E-state index contributed by atoms with van der Waals surface area (Å²) in [5.74, 6) is -0.616. The van der Waals surface area contributed by atoms with E-state index in [1.165, 1.54) is 4.31 Å². The SMILES string of the molecule is NCc1ccccc1CS(=O)(=O)N1CCC(C(N)=O)CC1. The van der Waals surface area contributed by atoms with Crippen molar-refractivity contribution in [1.82, 2.24) is 4.31 Å². The van der Waals surface area contributed by atoms with E-state index in [0.717, 1.165) is 11.1 Å². The van der Waals surface area contributed by atoms with Crippen LogP contribution >= 0.6 is 0 Å². The summed E-state index contributed by atoms with van der Waals surface area (Å²) in [6, 6.07) is 7.28. The van der Waals surface area contributed by atoms with Crippen molar-refractivity contribution < 1.29 is 13.2 Å². The molecule has 1 saturated heterocycles. The van der Waals surface area contributed by atoms with Crippen LogP contribution in [0, 0.1) is 5.92 Å². The minimum atomic E-state index is -3.39. The average molecular weight is 311 g/mol. The maximum absolute atomic E-state index is 12.5. The van der Waals surface area contributed by atoms with Crippen molar-refractivity contribution >= 4 is 15.9 Å². The van der Waals surface area contributed by atoms with Gasteiger partial charge in [-0.25, -0.2) is 12.7 Å². The zero-order valence-electron chi connectivity index (χ0n) is 11.9. The Balaban J connectivity index is 2.08. The molecule has 6 nitrogen and oxygen atoms in total. The van der Waals surface area contributed by atoms with Crippen LogP contribution in [0.25, 0.3) is 0 Å². The number of nitrogens with two attached hydrogens (primary N) is 2. The zero-order chi connectivity index (χ0) is 15.5. The second-order valence-electron chi connectivity index (χ2n) is 5.30. The molecule has 1 aliphatic heterocycles. The molecular weight excluding hydrogens is 290 g/mol. The van der Waals surface area contributed by atoms with Gasteiger partial charge in [0.25, 0.3) is 0 Å². The van der Waals surface area contributed by atoms with Crippen molar-refractivity contribution in [2.75, 3.05) is 13.1 Å². The van der Waals surface area contributed by atoms with Crippen LogP contribution in [0.3, 0.4) is 0 Å². The average Bonchev–Trinajstić information content (AvgIpc) is 2.47. The lowest BCUT2D eigenvalue weighted by atomic mass is 9.98. The lowest BCUT2D eigenvalue weighted by Crippen LogP contribution is -2.42. The molecule has 0 atom stereocenters. The summed E-state index contributed by atoms with van der Waals surface area (Å²) in [6.45, 7) is 1.01. The molecule has 4 N–H and O–H groups in total. The zero-order valence-corrected chi connectivity index (χ0v) is 12.7. The molecule has 0 saturated carbocycles. The van der Waals surface area contributed by atoms with Crippen molar-refractivity contribution in [2.24, 2.45) is 17.4 Å². The van der Waals surface area contributed by atoms with E-state index >= 15 is 0 Å². The third-order valence-electron chi connectivity index (χ3n) is 3.93. The first kappa shape index (κ1) is 15.9. The Labute approximate surface area is 125 Å². The van der Waals surface area contributed by atoms with Crippen LogP contribution in [0.5, 0.6) is 0 Å². The van der Waals surface area contributed by atoms with Crippen LogP contribution in [-0.4, -0.2) is 31.7 Å². The number of nitrogens with zero attached hydrogens (tertiary/aromatic N) is 1. The summed E-state index contributed by atoms with van der Waals surface area (Å²) < 4.78 is 26.4. The van der Waals surface area contributed by atoms with Crippen molar-refractivity contribution in [2.45, 2.75) is 25.1 Å². The maximum atomic E-state index is 12.5. The standard InChI is InChI=1S/C14H21N3O3S/c15-9-12-3-1-2-4-13(12)10-21(19,20)17-7-5-11(6-8-17)14(16)18/h1-4,11H,5-10,15H2,(H2,16,18). The highest BCUT2D eigenvalue weighted by molar-refractivity contribution is 7.88. The van der Waals surface area contributed by atoms with E-state index in [4.69, 9.17) is 11.5 Å². The molecule has 116 valence electrons. The van der Waals surface area contributed by atoms with E-state index in [9.17, 15) is 13.2 Å². The third kappa shape index (κ3) is 3.81. The van der Waals surface area contributed by atoms with Gasteiger partial charge in [0.2, 0.25) is 15.9 Å². The number of rotatable bonds is 5. The minimum Gasteiger partial charge on any atom is -0.369 e. The number of carbonyl (C=O) groups excluding carboxylic acids is 1. The molecule has 0 aliphatic carbocycles. The smallest absolute Gasteiger partial charge is 0.220 e. The van der Waals surface area contributed by atoms with Crippen molar-refractivity contribution in [3.8, 4) is 0 Å². The van der Waals surface area contributed by atoms with Crippen molar-refractivity contribution in [3.63, 3.8) is 0 Å². The summed E-state index contributed by atoms with van der Waals surface area (Å²) in [4.78, 5) is 11.1. The van der Waals surface area contributed by atoms with Gasteiger partial charge in [-0.15, -0.1) is 0 Å². The second-order valence-corrected chi connectivity index (χ2v) is 7.27. The molecule has 1 aliphatic rings. The Morgan fingerprint density at radius 1 is 1.19 bits per heavy atom. The Hall–Kier alpha value is -1.44. The van der Waals surface area contributed by atoms with Gasteiger partial charge in [-0.05, 0) is 24.0 Å². The number of primary amides is 1. The largest absolute Gasteiger partial charge is 0.369 e. The summed E-state index contributed by atoms with van der Waals surface area (Å²) >= 11 is 0. The van der Waals surface area contributed by atoms with Gasteiger partial charge in [-0.3, -0.25) is 4.79 Å². The Morgan fingerprint density at radius 2 is 1.76 bits per heavy atom. The van der Waals surface area contributed by atoms with E-state index < -0.39 is 10.0 Å². The Bertz CT molecular complexity index is 608. The summed E-state index contributed by atoms with van der Waals surface area (Å²) in [5, 5.41) is 0. The van der Waals surface area contributed by atoms with Crippen LogP contribution in [0.4, 0.5) is 0 Å². The Kier molecular flexibility index (Phi) is 4.97. The van der Waals surface area contributed by atoms with E-state index in [1.54, 1.807) is 6.07 Å². The molecule has 0 unspecified atom stereocenters. The van der Waals surface area contributed by atoms with E-state index in [0.29, 0.717) is 32.5 Å². The summed E-state index contributed by atoms with van der Waals surface area (Å²) in [6.07, 6.45) is 0.986. The monoisotopic (exact) mass is 311 g/mol. The fourth-order valence-corrected chi connectivity index (χ4v) is 4.23. The van der Waals surface area contributed by atoms with Crippen LogP contribution < -0.4 is 11.5 Å². The topological polar surface area (TPSA) is 106 Å². The van der Waals surface area contributed by atoms with Gasteiger partial charge in [0, 0.05) is 25.6 Å². The minimum absolute atomic E-state index is 0.0540. The number of carbonyl (C=O) groups is 1. The van der Waals surface area contributed by atoms with Crippen LogP contribution in [-0.2, 0) is 27.1 Å². The summed E-state index contributed by atoms with van der Waals surface area (Å²) in [5.41, 5.74) is 12.5. The van der Waals surface area contributed by atoms with Gasteiger partial charge in [0.1, 0.15) is 0 Å². The lowest BCUT2D eigenvalue weighted by Gasteiger charge is -2.30. The first-order chi connectivity index (χ1) is 9.94. The predicted octanol–water partition coefficient (Wildman–Crippen LogP) is 0.172. The summed E-state index contributed by atoms with van der Waals surface area (Å²) in [7, 11) is -3.39. The molecule has 0 radical (unpaired) electrons. The van der Waals surface area contributed by atoms with Gasteiger partial charge >= 0.3 is 0 Å². The van der Waals surface area contributed by atoms with E-state index in [2.05, 4.69) is 0 Å². The van der Waals surface area contributed by atoms with Gasteiger partial charge in [-0.2, -0.15) is 0 Å². The van der Waals surface area contributed by atoms with Crippen molar-refractivity contribution in [3.05, 3.63) is 35.4 Å².